The Labute approximate surface area is 151 Å². The van der Waals surface area contributed by atoms with Gasteiger partial charge in [-0.3, -0.25) is 19.4 Å². The molecule has 0 fully saturated rings. The number of anilines is 1. The Morgan fingerprint density at radius 1 is 1.28 bits per heavy atom. The summed E-state index contributed by atoms with van der Waals surface area (Å²) in [5.41, 5.74) is 3.98. The van der Waals surface area contributed by atoms with Crippen LogP contribution >= 0.6 is 11.3 Å². The van der Waals surface area contributed by atoms with Crippen LogP contribution in [0.4, 0.5) is 5.69 Å². The smallest absolute Gasteiger partial charge is 0.238 e. The summed E-state index contributed by atoms with van der Waals surface area (Å²) in [6, 6.07) is 6.03. The van der Waals surface area contributed by atoms with Crippen LogP contribution in [0.5, 0.6) is 0 Å². The summed E-state index contributed by atoms with van der Waals surface area (Å²) in [4.78, 5) is 18.8. The van der Waals surface area contributed by atoms with E-state index >= 15 is 0 Å². The largest absolute Gasteiger partial charge is 0.322 e. The minimum atomic E-state index is -0.0461. The molecule has 3 heterocycles. The van der Waals surface area contributed by atoms with Crippen LogP contribution in [-0.2, 0) is 24.9 Å². The molecule has 0 unspecified atom stereocenters. The van der Waals surface area contributed by atoms with Gasteiger partial charge in [0, 0.05) is 32.5 Å². The maximum atomic E-state index is 12.5. The van der Waals surface area contributed by atoms with Gasteiger partial charge < -0.3 is 5.32 Å². The van der Waals surface area contributed by atoms with Crippen molar-refractivity contribution in [3.05, 3.63) is 64.4 Å². The second kappa shape index (κ2) is 8.04. The van der Waals surface area contributed by atoms with Crippen molar-refractivity contribution in [2.45, 2.75) is 20.0 Å². The molecule has 7 heteroatoms. The number of nitrogens with zero attached hydrogens (tertiary/aromatic N) is 4. The highest BCUT2D eigenvalue weighted by Crippen LogP contribution is 2.14. The van der Waals surface area contributed by atoms with Gasteiger partial charge in [0.1, 0.15) is 0 Å². The van der Waals surface area contributed by atoms with Gasteiger partial charge >= 0.3 is 0 Å². The third-order valence-corrected chi connectivity index (χ3v) is 4.72. The maximum absolute atomic E-state index is 12.5. The molecule has 25 heavy (non-hydrogen) atoms. The van der Waals surface area contributed by atoms with E-state index in [0.717, 1.165) is 23.5 Å². The molecule has 3 rings (SSSR count). The van der Waals surface area contributed by atoms with Gasteiger partial charge in [0.05, 0.1) is 24.1 Å². The molecule has 0 atom stereocenters. The molecule has 130 valence electrons. The van der Waals surface area contributed by atoms with E-state index in [1.54, 1.807) is 28.4 Å². The van der Waals surface area contributed by atoms with Gasteiger partial charge in [0.25, 0.3) is 0 Å². The van der Waals surface area contributed by atoms with Gasteiger partial charge in [0.2, 0.25) is 5.91 Å². The fourth-order valence-electron chi connectivity index (χ4n) is 2.57. The van der Waals surface area contributed by atoms with Crippen LogP contribution in [0.2, 0.25) is 0 Å². The summed E-state index contributed by atoms with van der Waals surface area (Å²) in [6.07, 6.45) is 5.27. The Balaban J connectivity index is 1.67. The van der Waals surface area contributed by atoms with E-state index in [2.05, 4.69) is 37.1 Å². The highest BCUT2D eigenvalue weighted by molar-refractivity contribution is 7.07. The average Bonchev–Trinajstić information content (AvgIpc) is 3.21. The monoisotopic (exact) mass is 355 g/mol. The third kappa shape index (κ3) is 4.74. The number of carbonyl (C=O) groups excluding carboxylic acids is 1. The molecule has 0 aliphatic carbocycles. The Morgan fingerprint density at radius 3 is 2.76 bits per heavy atom. The summed E-state index contributed by atoms with van der Waals surface area (Å²) in [6.45, 7) is 3.63. The lowest BCUT2D eigenvalue weighted by Crippen LogP contribution is -2.32. The van der Waals surface area contributed by atoms with Gasteiger partial charge in [-0.05, 0) is 40.9 Å². The van der Waals surface area contributed by atoms with E-state index < -0.39 is 0 Å². The molecule has 1 amide bonds. The summed E-state index contributed by atoms with van der Waals surface area (Å²) in [7, 11) is 1.86. The van der Waals surface area contributed by atoms with Crippen LogP contribution in [0.1, 0.15) is 16.8 Å². The van der Waals surface area contributed by atoms with Crippen molar-refractivity contribution in [2.24, 2.45) is 7.05 Å². The number of hydrogen-bond acceptors (Lipinski definition) is 5. The summed E-state index contributed by atoms with van der Waals surface area (Å²) in [5, 5.41) is 11.3. The highest BCUT2D eigenvalue weighted by Gasteiger charge is 2.14. The standard InChI is InChI=1S/C18H21N5OS/c1-14-17(9-20-22(14)2)21-18(24)12-23(11-16-5-7-25-13-16)10-15-4-3-6-19-8-15/h3-9,13H,10-12H2,1-2H3,(H,21,24). The minimum absolute atomic E-state index is 0.0461. The molecule has 0 radical (unpaired) electrons. The first kappa shape index (κ1) is 17.3. The van der Waals surface area contributed by atoms with Gasteiger partial charge in [-0.25, -0.2) is 0 Å². The number of pyridine rings is 1. The van der Waals surface area contributed by atoms with E-state index in [4.69, 9.17) is 0 Å². The molecule has 3 aromatic rings. The second-order valence-electron chi connectivity index (χ2n) is 5.95. The Kier molecular flexibility index (Phi) is 5.57. The zero-order chi connectivity index (χ0) is 17.6. The van der Waals surface area contributed by atoms with E-state index in [-0.39, 0.29) is 5.91 Å². The third-order valence-electron chi connectivity index (χ3n) is 3.99. The molecule has 0 saturated carbocycles. The lowest BCUT2D eigenvalue weighted by Gasteiger charge is -2.21. The lowest BCUT2D eigenvalue weighted by molar-refractivity contribution is -0.117. The van der Waals surface area contributed by atoms with E-state index in [0.29, 0.717) is 13.1 Å². The molecule has 0 spiro atoms. The van der Waals surface area contributed by atoms with Crippen molar-refractivity contribution < 1.29 is 4.79 Å². The van der Waals surface area contributed by atoms with Crippen molar-refractivity contribution in [3.63, 3.8) is 0 Å². The molecule has 0 aliphatic heterocycles. The summed E-state index contributed by atoms with van der Waals surface area (Å²) in [5.74, 6) is -0.0461. The van der Waals surface area contributed by atoms with Gasteiger partial charge in [-0.15, -0.1) is 0 Å². The van der Waals surface area contributed by atoms with Crippen LogP contribution in [0, 0.1) is 6.92 Å². The molecule has 6 nitrogen and oxygen atoms in total. The van der Waals surface area contributed by atoms with Crippen LogP contribution < -0.4 is 5.32 Å². The van der Waals surface area contributed by atoms with Gasteiger partial charge in [0.15, 0.2) is 0 Å². The summed E-state index contributed by atoms with van der Waals surface area (Å²) >= 11 is 1.66. The predicted molar refractivity (Wildman–Crippen MR) is 99.2 cm³/mol. The number of amides is 1. The Morgan fingerprint density at radius 2 is 2.12 bits per heavy atom. The topological polar surface area (TPSA) is 63.1 Å². The number of rotatable bonds is 7. The fourth-order valence-corrected chi connectivity index (χ4v) is 3.23. The number of nitrogens with one attached hydrogen (secondary N) is 1. The number of carbonyl (C=O) groups is 1. The molecule has 3 aromatic heterocycles. The van der Waals surface area contributed by atoms with E-state index in [1.165, 1.54) is 5.56 Å². The second-order valence-corrected chi connectivity index (χ2v) is 6.73. The van der Waals surface area contributed by atoms with Crippen molar-refractivity contribution in [3.8, 4) is 0 Å². The number of aromatic nitrogens is 3. The van der Waals surface area contributed by atoms with Gasteiger partial charge in [-0.1, -0.05) is 6.07 Å². The van der Waals surface area contributed by atoms with Crippen molar-refractivity contribution >= 4 is 22.9 Å². The first-order chi connectivity index (χ1) is 12.1. The van der Waals surface area contributed by atoms with Crippen molar-refractivity contribution in [1.29, 1.82) is 0 Å². The number of hydrogen-bond donors (Lipinski definition) is 1. The normalized spacial score (nSPS) is 11.0. The first-order valence-corrected chi connectivity index (χ1v) is 8.97. The Hall–Kier alpha value is -2.51. The zero-order valence-electron chi connectivity index (χ0n) is 14.3. The fraction of sp³-hybridized carbons (Fsp3) is 0.278. The molecule has 0 aromatic carbocycles. The SMILES string of the molecule is Cc1c(NC(=O)CN(Cc2cccnc2)Cc2ccsc2)cnn1C. The molecule has 0 aliphatic rings. The van der Waals surface area contributed by atoms with E-state index in [1.807, 2.05) is 32.3 Å². The summed E-state index contributed by atoms with van der Waals surface area (Å²) < 4.78 is 1.74. The van der Waals surface area contributed by atoms with Crippen LogP contribution in [0.15, 0.2) is 47.5 Å². The molecule has 0 saturated heterocycles. The van der Waals surface area contributed by atoms with Crippen LogP contribution in [-0.4, -0.2) is 32.1 Å². The molecular formula is C18H21N5OS. The molecule has 0 bridgehead atoms. The molecular weight excluding hydrogens is 334 g/mol. The van der Waals surface area contributed by atoms with Crippen molar-refractivity contribution in [1.82, 2.24) is 19.7 Å². The van der Waals surface area contributed by atoms with Crippen molar-refractivity contribution in [2.75, 3.05) is 11.9 Å². The number of aryl methyl sites for hydroxylation is 1. The average molecular weight is 355 g/mol. The maximum Gasteiger partial charge on any atom is 0.238 e. The Bertz CT molecular complexity index is 813. The minimum Gasteiger partial charge on any atom is -0.322 e. The van der Waals surface area contributed by atoms with Gasteiger partial charge in [-0.2, -0.15) is 16.4 Å². The lowest BCUT2D eigenvalue weighted by atomic mass is 10.2. The quantitative estimate of drug-likeness (QED) is 0.708. The molecule has 1 N–H and O–H groups in total. The number of thiophene rings is 1. The highest BCUT2D eigenvalue weighted by atomic mass is 32.1. The predicted octanol–water partition coefficient (Wildman–Crippen LogP) is 2.83. The zero-order valence-corrected chi connectivity index (χ0v) is 15.2. The van der Waals surface area contributed by atoms with E-state index in [9.17, 15) is 4.79 Å². The van der Waals surface area contributed by atoms with Crippen LogP contribution in [0.3, 0.4) is 0 Å². The first-order valence-electron chi connectivity index (χ1n) is 8.02. The van der Waals surface area contributed by atoms with Crippen LogP contribution in [0.25, 0.3) is 0 Å².